The largest absolute Gasteiger partial charge is 0.356 e. The fourth-order valence-electron chi connectivity index (χ4n) is 3.95. The van der Waals surface area contributed by atoms with Crippen LogP contribution >= 0.6 is 0 Å². The highest BCUT2D eigenvalue weighted by atomic mass is 15.4. The number of hydrogen-bond donors (Lipinski definition) is 0. The third-order valence-electron chi connectivity index (χ3n) is 5.62. The van der Waals surface area contributed by atoms with E-state index in [1.165, 1.54) is 109 Å². The summed E-state index contributed by atoms with van der Waals surface area (Å²) in [6.45, 7) is 9.37. The summed E-state index contributed by atoms with van der Waals surface area (Å²) in [5.74, 6) is 0. The van der Waals surface area contributed by atoms with Crippen LogP contribution in [0, 0.1) is 0 Å². The standard InChI is InChI=1S/C23H46N2/c1-4-7-9-10-11-12-13-14-15-16-17-18-20-25-22-21-24(19-8-5-2)23(25)6-3/h21-23H,4-20H2,1-3H3. The highest BCUT2D eigenvalue weighted by Gasteiger charge is 2.23. The van der Waals surface area contributed by atoms with Gasteiger partial charge >= 0.3 is 0 Å². The van der Waals surface area contributed by atoms with Gasteiger partial charge in [-0.05, 0) is 19.3 Å². The first-order valence-corrected chi connectivity index (χ1v) is 11.5. The van der Waals surface area contributed by atoms with Crippen molar-refractivity contribution in [1.82, 2.24) is 9.80 Å². The smallest absolute Gasteiger partial charge is 0.100 e. The zero-order valence-electron chi connectivity index (χ0n) is 17.6. The molecule has 0 aromatic heterocycles. The molecule has 0 N–H and O–H groups in total. The lowest BCUT2D eigenvalue weighted by Gasteiger charge is -2.32. The molecule has 1 heterocycles. The first-order valence-electron chi connectivity index (χ1n) is 11.5. The van der Waals surface area contributed by atoms with Gasteiger partial charge in [-0.15, -0.1) is 0 Å². The zero-order chi connectivity index (χ0) is 18.2. The minimum absolute atomic E-state index is 0.624. The van der Waals surface area contributed by atoms with E-state index in [9.17, 15) is 0 Å². The summed E-state index contributed by atoms with van der Waals surface area (Å²) in [5, 5.41) is 0. The Bertz CT molecular complexity index is 313. The Morgan fingerprint density at radius 1 is 0.520 bits per heavy atom. The molecule has 25 heavy (non-hydrogen) atoms. The van der Waals surface area contributed by atoms with Crippen LogP contribution in [0.3, 0.4) is 0 Å². The molecule has 0 aliphatic carbocycles. The summed E-state index contributed by atoms with van der Waals surface area (Å²) in [5.41, 5.74) is 0. The molecule has 0 fully saturated rings. The Kier molecular flexibility index (Phi) is 14.0. The van der Waals surface area contributed by atoms with Crippen molar-refractivity contribution in [1.29, 1.82) is 0 Å². The molecule has 0 aromatic carbocycles. The molecule has 2 nitrogen and oxygen atoms in total. The van der Waals surface area contributed by atoms with Crippen molar-refractivity contribution in [3.05, 3.63) is 12.4 Å². The summed E-state index contributed by atoms with van der Waals surface area (Å²) in [6, 6.07) is 0. The van der Waals surface area contributed by atoms with Gasteiger partial charge in [0.1, 0.15) is 6.17 Å². The molecule has 1 rings (SSSR count). The maximum absolute atomic E-state index is 2.58. The van der Waals surface area contributed by atoms with Crippen LogP contribution in [0.25, 0.3) is 0 Å². The van der Waals surface area contributed by atoms with E-state index in [-0.39, 0.29) is 0 Å². The SMILES string of the molecule is CCCCCCCCCCCCCCN1C=CN(CCCC)C1CC. The van der Waals surface area contributed by atoms with E-state index in [0.717, 1.165) is 0 Å². The highest BCUT2D eigenvalue weighted by Crippen LogP contribution is 2.20. The second-order valence-electron chi connectivity index (χ2n) is 7.91. The highest BCUT2D eigenvalue weighted by molar-refractivity contribution is 4.96. The van der Waals surface area contributed by atoms with Crippen LogP contribution in [-0.4, -0.2) is 29.1 Å². The van der Waals surface area contributed by atoms with Gasteiger partial charge in [-0.1, -0.05) is 97.8 Å². The van der Waals surface area contributed by atoms with Crippen molar-refractivity contribution >= 4 is 0 Å². The van der Waals surface area contributed by atoms with Crippen LogP contribution in [0.4, 0.5) is 0 Å². The third kappa shape index (κ3) is 10.2. The number of rotatable bonds is 17. The number of unbranched alkanes of at least 4 members (excludes halogenated alkanes) is 12. The monoisotopic (exact) mass is 350 g/mol. The minimum Gasteiger partial charge on any atom is -0.356 e. The Morgan fingerprint density at radius 3 is 1.36 bits per heavy atom. The van der Waals surface area contributed by atoms with Crippen molar-refractivity contribution in [2.24, 2.45) is 0 Å². The van der Waals surface area contributed by atoms with Crippen molar-refractivity contribution in [2.75, 3.05) is 13.1 Å². The van der Waals surface area contributed by atoms with E-state index < -0.39 is 0 Å². The van der Waals surface area contributed by atoms with E-state index in [4.69, 9.17) is 0 Å². The molecule has 0 bridgehead atoms. The fourth-order valence-corrected chi connectivity index (χ4v) is 3.95. The number of nitrogens with zero attached hydrogens (tertiary/aromatic N) is 2. The molecule has 0 spiro atoms. The molecule has 2 heteroatoms. The summed E-state index contributed by atoms with van der Waals surface area (Å²) in [4.78, 5) is 5.12. The first-order chi connectivity index (χ1) is 12.3. The molecule has 0 saturated heterocycles. The van der Waals surface area contributed by atoms with Crippen LogP contribution in [0.5, 0.6) is 0 Å². The van der Waals surface area contributed by atoms with Crippen LogP contribution in [0.1, 0.15) is 117 Å². The van der Waals surface area contributed by atoms with Crippen LogP contribution in [0.15, 0.2) is 12.4 Å². The molecule has 1 aliphatic heterocycles. The maximum Gasteiger partial charge on any atom is 0.100 e. The summed E-state index contributed by atoms with van der Waals surface area (Å²) < 4.78 is 0. The fraction of sp³-hybridized carbons (Fsp3) is 0.913. The van der Waals surface area contributed by atoms with E-state index >= 15 is 0 Å². The molecule has 0 radical (unpaired) electrons. The predicted molar refractivity (Wildman–Crippen MR) is 113 cm³/mol. The Hall–Kier alpha value is -0.660. The maximum atomic E-state index is 2.58. The molecule has 148 valence electrons. The quantitative estimate of drug-likeness (QED) is 0.254. The van der Waals surface area contributed by atoms with Gasteiger partial charge in [0.2, 0.25) is 0 Å². The Labute approximate surface area is 159 Å². The number of hydrogen-bond acceptors (Lipinski definition) is 2. The van der Waals surface area contributed by atoms with E-state index in [1.807, 2.05) is 0 Å². The lowest BCUT2D eigenvalue weighted by atomic mass is 10.1. The van der Waals surface area contributed by atoms with Gasteiger partial charge < -0.3 is 9.80 Å². The van der Waals surface area contributed by atoms with Crippen molar-refractivity contribution < 1.29 is 0 Å². The van der Waals surface area contributed by atoms with E-state index in [1.54, 1.807) is 0 Å². The van der Waals surface area contributed by atoms with Crippen LogP contribution < -0.4 is 0 Å². The minimum atomic E-state index is 0.624. The lowest BCUT2D eigenvalue weighted by molar-refractivity contribution is 0.144. The van der Waals surface area contributed by atoms with Crippen LogP contribution in [-0.2, 0) is 0 Å². The molecule has 0 aromatic rings. The molecule has 1 atom stereocenters. The molecular weight excluding hydrogens is 304 g/mol. The van der Waals surface area contributed by atoms with E-state index in [0.29, 0.717) is 6.17 Å². The molecule has 1 unspecified atom stereocenters. The molecule has 1 aliphatic rings. The second kappa shape index (κ2) is 15.6. The Morgan fingerprint density at radius 2 is 0.920 bits per heavy atom. The van der Waals surface area contributed by atoms with Gasteiger partial charge in [0.15, 0.2) is 0 Å². The molecular formula is C23H46N2. The third-order valence-corrected chi connectivity index (χ3v) is 5.62. The van der Waals surface area contributed by atoms with Gasteiger partial charge in [-0.3, -0.25) is 0 Å². The zero-order valence-corrected chi connectivity index (χ0v) is 17.6. The van der Waals surface area contributed by atoms with E-state index in [2.05, 4.69) is 43.0 Å². The second-order valence-corrected chi connectivity index (χ2v) is 7.91. The molecule has 0 amide bonds. The molecule has 0 saturated carbocycles. The van der Waals surface area contributed by atoms with Crippen molar-refractivity contribution in [2.45, 2.75) is 123 Å². The lowest BCUT2D eigenvalue weighted by Crippen LogP contribution is -2.38. The Balaban J connectivity index is 1.93. The van der Waals surface area contributed by atoms with Gasteiger partial charge in [0.05, 0.1) is 0 Å². The van der Waals surface area contributed by atoms with Gasteiger partial charge in [0.25, 0.3) is 0 Å². The van der Waals surface area contributed by atoms with Crippen molar-refractivity contribution in [3.8, 4) is 0 Å². The van der Waals surface area contributed by atoms with Gasteiger partial charge in [-0.2, -0.15) is 0 Å². The summed E-state index contributed by atoms with van der Waals surface area (Å²) in [7, 11) is 0. The average molecular weight is 351 g/mol. The average Bonchev–Trinajstić information content (AvgIpc) is 3.02. The van der Waals surface area contributed by atoms with Gasteiger partial charge in [-0.25, -0.2) is 0 Å². The first kappa shape index (κ1) is 22.4. The summed E-state index contributed by atoms with van der Waals surface area (Å²) >= 11 is 0. The van der Waals surface area contributed by atoms with Crippen molar-refractivity contribution in [3.63, 3.8) is 0 Å². The van der Waals surface area contributed by atoms with Gasteiger partial charge in [0, 0.05) is 25.5 Å². The normalized spacial score (nSPS) is 17.0. The summed E-state index contributed by atoms with van der Waals surface area (Å²) in [6.07, 6.45) is 26.3. The van der Waals surface area contributed by atoms with Crippen LogP contribution in [0.2, 0.25) is 0 Å². The topological polar surface area (TPSA) is 6.48 Å². The predicted octanol–water partition coefficient (Wildman–Crippen LogP) is 7.31.